The van der Waals surface area contributed by atoms with Crippen LogP contribution in [0.5, 0.6) is 5.75 Å². The minimum atomic E-state index is -3.87. The molecule has 0 fully saturated rings. The lowest BCUT2D eigenvalue weighted by atomic mass is 10.1. The molecule has 0 heterocycles. The van der Waals surface area contributed by atoms with E-state index in [1.807, 2.05) is 20.8 Å². The van der Waals surface area contributed by atoms with E-state index in [4.69, 9.17) is 27.9 Å². The van der Waals surface area contributed by atoms with E-state index in [0.29, 0.717) is 12.2 Å². The molecule has 0 saturated carbocycles. The predicted octanol–water partition coefficient (Wildman–Crippen LogP) is 4.49. The normalized spacial score (nSPS) is 12.6. The van der Waals surface area contributed by atoms with Crippen molar-refractivity contribution in [2.45, 2.75) is 52.2 Å². The summed E-state index contributed by atoms with van der Waals surface area (Å²) < 4.78 is 31.5. The number of nitrogens with zero attached hydrogens (tertiary/aromatic N) is 2. The maximum absolute atomic E-state index is 13.7. The molecule has 1 atom stereocenters. The van der Waals surface area contributed by atoms with Crippen molar-refractivity contribution >= 4 is 50.7 Å². The Labute approximate surface area is 223 Å². The molecule has 2 aromatic carbocycles. The van der Waals surface area contributed by atoms with Crippen LogP contribution < -0.4 is 14.4 Å². The first-order valence-electron chi connectivity index (χ1n) is 11.3. The standard InChI is InChI=1S/C25H33Cl2N3O5S/c1-7-22(24(32)28-25(2,3)4)29(15-17-8-11-19(35-5)12-9-17)23(31)16-30(36(6,33)34)18-10-13-20(26)21(27)14-18/h8-14,22H,7,15-16H2,1-6H3,(H,28,32)/t22-/m1/s1. The van der Waals surface area contributed by atoms with Gasteiger partial charge < -0.3 is 15.0 Å². The summed E-state index contributed by atoms with van der Waals surface area (Å²) >= 11 is 12.1. The molecule has 0 aromatic heterocycles. The molecule has 0 unspecified atom stereocenters. The minimum Gasteiger partial charge on any atom is -0.497 e. The van der Waals surface area contributed by atoms with Gasteiger partial charge in [0.15, 0.2) is 0 Å². The third-order valence-electron chi connectivity index (χ3n) is 5.27. The third-order valence-corrected chi connectivity index (χ3v) is 7.15. The van der Waals surface area contributed by atoms with Gasteiger partial charge in [-0.1, -0.05) is 42.3 Å². The van der Waals surface area contributed by atoms with Crippen molar-refractivity contribution in [1.29, 1.82) is 0 Å². The number of ether oxygens (including phenoxy) is 1. The predicted molar refractivity (Wildman–Crippen MR) is 144 cm³/mol. The molecule has 2 rings (SSSR count). The van der Waals surface area contributed by atoms with Crippen LogP contribution in [0.2, 0.25) is 10.0 Å². The van der Waals surface area contributed by atoms with Gasteiger partial charge in [-0.15, -0.1) is 0 Å². The molecule has 0 spiro atoms. The zero-order chi connectivity index (χ0) is 27.3. The fourth-order valence-corrected chi connectivity index (χ4v) is 4.69. The molecular weight excluding hydrogens is 525 g/mol. The average Bonchev–Trinajstić information content (AvgIpc) is 2.77. The van der Waals surface area contributed by atoms with E-state index in [1.165, 1.54) is 23.1 Å². The smallest absolute Gasteiger partial charge is 0.244 e. The van der Waals surface area contributed by atoms with Gasteiger partial charge in [0.25, 0.3) is 0 Å². The Morgan fingerprint density at radius 3 is 2.14 bits per heavy atom. The number of hydrogen-bond acceptors (Lipinski definition) is 5. The van der Waals surface area contributed by atoms with Crippen LogP contribution in [0.15, 0.2) is 42.5 Å². The Morgan fingerprint density at radius 2 is 1.67 bits per heavy atom. The summed E-state index contributed by atoms with van der Waals surface area (Å²) in [5.74, 6) is -0.220. The van der Waals surface area contributed by atoms with Gasteiger partial charge in [-0.25, -0.2) is 8.42 Å². The van der Waals surface area contributed by atoms with Crippen molar-refractivity contribution < 1.29 is 22.7 Å². The van der Waals surface area contributed by atoms with Crippen LogP contribution in [0, 0.1) is 0 Å². The van der Waals surface area contributed by atoms with E-state index in [0.717, 1.165) is 16.1 Å². The van der Waals surface area contributed by atoms with Gasteiger partial charge in [-0.05, 0) is 63.1 Å². The van der Waals surface area contributed by atoms with Crippen LogP contribution in [0.25, 0.3) is 0 Å². The maximum atomic E-state index is 13.7. The number of sulfonamides is 1. The number of rotatable bonds is 10. The molecule has 0 saturated heterocycles. The highest BCUT2D eigenvalue weighted by atomic mass is 35.5. The summed E-state index contributed by atoms with van der Waals surface area (Å²) in [7, 11) is -2.32. The molecule has 2 amide bonds. The Balaban J connectivity index is 2.47. The molecule has 198 valence electrons. The summed E-state index contributed by atoms with van der Waals surface area (Å²) in [5, 5.41) is 3.33. The van der Waals surface area contributed by atoms with Crippen molar-refractivity contribution in [3.63, 3.8) is 0 Å². The molecular formula is C25H33Cl2N3O5S. The lowest BCUT2D eigenvalue weighted by Crippen LogP contribution is -2.55. The molecule has 0 aliphatic heterocycles. The Bertz CT molecular complexity index is 1180. The van der Waals surface area contributed by atoms with Crippen molar-refractivity contribution in [2.24, 2.45) is 0 Å². The number of hydrogen-bond donors (Lipinski definition) is 1. The van der Waals surface area contributed by atoms with Crippen LogP contribution in [0.3, 0.4) is 0 Å². The maximum Gasteiger partial charge on any atom is 0.244 e. The minimum absolute atomic E-state index is 0.0951. The second kappa shape index (κ2) is 12.2. The van der Waals surface area contributed by atoms with E-state index in [1.54, 1.807) is 38.3 Å². The summed E-state index contributed by atoms with van der Waals surface area (Å²) in [6.45, 7) is 6.92. The van der Waals surface area contributed by atoms with Crippen LogP contribution in [-0.2, 0) is 26.2 Å². The van der Waals surface area contributed by atoms with Gasteiger partial charge in [0.1, 0.15) is 18.3 Å². The van der Waals surface area contributed by atoms with Crippen molar-refractivity contribution in [3.05, 3.63) is 58.1 Å². The van der Waals surface area contributed by atoms with Crippen LogP contribution in [-0.4, -0.2) is 56.6 Å². The molecule has 8 nitrogen and oxygen atoms in total. The first kappa shape index (κ1) is 29.7. The highest BCUT2D eigenvalue weighted by molar-refractivity contribution is 7.92. The number of carbonyl (C=O) groups is 2. The van der Waals surface area contributed by atoms with Crippen molar-refractivity contribution in [3.8, 4) is 5.75 Å². The second-order valence-corrected chi connectivity index (χ2v) is 12.1. The highest BCUT2D eigenvalue weighted by Gasteiger charge is 2.33. The molecule has 0 aliphatic rings. The fourth-order valence-electron chi connectivity index (χ4n) is 3.55. The van der Waals surface area contributed by atoms with Gasteiger partial charge in [-0.2, -0.15) is 0 Å². The Morgan fingerprint density at radius 1 is 1.06 bits per heavy atom. The highest BCUT2D eigenvalue weighted by Crippen LogP contribution is 2.29. The lowest BCUT2D eigenvalue weighted by Gasteiger charge is -2.34. The van der Waals surface area contributed by atoms with Gasteiger partial charge in [0.05, 0.1) is 29.1 Å². The lowest BCUT2D eigenvalue weighted by molar-refractivity contribution is -0.141. The number of methoxy groups -OCH3 is 1. The molecule has 0 bridgehead atoms. The molecule has 1 N–H and O–H groups in total. The average molecular weight is 559 g/mol. The van der Waals surface area contributed by atoms with E-state index < -0.39 is 34.1 Å². The number of nitrogens with one attached hydrogen (secondary N) is 1. The summed E-state index contributed by atoms with van der Waals surface area (Å²) in [6, 6.07) is 10.6. The number of anilines is 1. The van der Waals surface area contributed by atoms with Gasteiger partial charge >= 0.3 is 0 Å². The molecule has 11 heteroatoms. The second-order valence-electron chi connectivity index (χ2n) is 9.40. The van der Waals surface area contributed by atoms with Crippen LogP contribution in [0.4, 0.5) is 5.69 Å². The largest absolute Gasteiger partial charge is 0.497 e. The Hall–Kier alpha value is -2.49. The molecule has 0 aliphatic carbocycles. The first-order chi connectivity index (χ1) is 16.7. The third kappa shape index (κ3) is 8.28. The monoisotopic (exact) mass is 557 g/mol. The number of halogens is 2. The number of carbonyl (C=O) groups excluding carboxylic acids is 2. The summed E-state index contributed by atoms with van der Waals surface area (Å²) in [6.07, 6.45) is 1.33. The van der Waals surface area contributed by atoms with Gasteiger partial charge in [-0.3, -0.25) is 13.9 Å². The molecule has 2 aromatic rings. The number of benzene rings is 2. The van der Waals surface area contributed by atoms with Crippen molar-refractivity contribution in [1.82, 2.24) is 10.2 Å². The topological polar surface area (TPSA) is 96.0 Å². The number of amides is 2. The van der Waals surface area contributed by atoms with Gasteiger partial charge in [0, 0.05) is 12.1 Å². The van der Waals surface area contributed by atoms with Crippen LogP contribution in [0.1, 0.15) is 39.7 Å². The zero-order valence-electron chi connectivity index (χ0n) is 21.3. The summed E-state index contributed by atoms with van der Waals surface area (Å²) in [4.78, 5) is 28.3. The van der Waals surface area contributed by atoms with E-state index in [9.17, 15) is 18.0 Å². The zero-order valence-corrected chi connectivity index (χ0v) is 23.7. The van der Waals surface area contributed by atoms with Gasteiger partial charge in [0.2, 0.25) is 21.8 Å². The summed E-state index contributed by atoms with van der Waals surface area (Å²) in [5.41, 5.74) is 0.432. The molecule has 36 heavy (non-hydrogen) atoms. The van der Waals surface area contributed by atoms with E-state index >= 15 is 0 Å². The Kier molecular flexibility index (Phi) is 10.0. The fraction of sp³-hybridized carbons (Fsp3) is 0.440. The molecule has 0 radical (unpaired) electrons. The van der Waals surface area contributed by atoms with Crippen molar-refractivity contribution in [2.75, 3.05) is 24.2 Å². The first-order valence-corrected chi connectivity index (χ1v) is 13.9. The quantitative estimate of drug-likeness (QED) is 0.464. The van der Waals surface area contributed by atoms with E-state index in [-0.39, 0.29) is 28.2 Å². The SMILES string of the molecule is CC[C@H](C(=O)NC(C)(C)C)N(Cc1ccc(OC)cc1)C(=O)CN(c1ccc(Cl)c(Cl)c1)S(C)(=O)=O. The van der Waals surface area contributed by atoms with E-state index in [2.05, 4.69) is 5.32 Å². The van der Waals surface area contributed by atoms with Crippen LogP contribution >= 0.6 is 23.2 Å².